The normalized spacial score (nSPS) is 15.6. The number of esters is 2. The second-order valence-electron chi connectivity index (χ2n) is 7.50. The van der Waals surface area contributed by atoms with E-state index >= 15 is 0 Å². The molecule has 0 atom stereocenters. The molecule has 0 amide bonds. The SMILES string of the molecule is CN(C)c1ccc(CCc2ccccc2C=C2C(=O)OC(C)(C)OC2=O)cc1. The van der Waals surface area contributed by atoms with E-state index in [0.29, 0.717) is 0 Å². The predicted octanol–water partition coefficient (Wildman–Crippen LogP) is 3.76. The second-order valence-corrected chi connectivity index (χ2v) is 7.50. The van der Waals surface area contributed by atoms with Crippen LogP contribution in [0.25, 0.3) is 6.08 Å². The molecule has 5 heteroatoms. The smallest absolute Gasteiger partial charge is 0.348 e. The fourth-order valence-electron chi connectivity index (χ4n) is 3.08. The third-order valence-corrected chi connectivity index (χ3v) is 4.61. The number of anilines is 1. The number of nitrogens with zero attached hydrogens (tertiary/aromatic N) is 1. The van der Waals surface area contributed by atoms with E-state index in [-0.39, 0.29) is 5.57 Å². The standard InChI is InChI=1S/C23H25NO4/c1-23(2)27-21(25)20(22(26)28-23)15-18-8-6-5-7-17(18)12-9-16-10-13-19(14-11-16)24(3)4/h5-8,10-11,13-15H,9,12H2,1-4H3. The van der Waals surface area contributed by atoms with Gasteiger partial charge in [-0.25, -0.2) is 9.59 Å². The minimum Gasteiger partial charge on any atom is -0.419 e. The number of ether oxygens (including phenoxy) is 2. The van der Waals surface area contributed by atoms with E-state index in [9.17, 15) is 9.59 Å². The van der Waals surface area contributed by atoms with Crippen LogP contribution in [0, 0.1) is 0 Å². The molecule has 2 aromatic rings. The zero-order chi connectivity index (χ0) is 20.3. The maximum absolute atomic E-state index is 12.2. The van der Waals surface area contributed by atoms with Gasteiger partial charge in [-0.1, -0.05) is 36.4 Å². The summed E-state index contributed by atoms with van der Waals surface area (Å²) in [6, 6.07) is 16.2. The fraction of sp³-hybridized carbons (Fsp3) is 0.304. The number of rotatable bonds is 5. The molecule has 1 heterocycles. The summed E-state index contributed by atoms with van der Waals surface area (Å²) < 4.78 is 10.3. The largest absolute Gasteiger partial charge is 0.419 e. The van der Waals surface area contributed by atoms with Gasteiger partial charge < -0.3 is 14.4 Å². The zero-order valence-corrected chi connectivity index (χ0v) is 16.7. The highest BCUT2D eigenvalue weighted by Gasteiger charge is 2.38. The molecule has 28 heavy (non-hydrogen) atoms. The van der Waals surface area contributed by atoms with E-state index in [1.165, 1.54) is 19.4 Å². The molecule has 1 saturated heterocycles. The summed E-state index contributed by atoms with van der Waals surface area (Å²) in [6.45, 7) is 3.07. The summed E-state index contributed by atoms with van der Waals surface area (Å²) in [5.74, 6) is -2.55. The average molecular weight is 379 g/mol. The van der Waals surface area contributed by atoms with Crippen molar-refractivity contribution in [2.75, 3.05) is 19.0 Å². The van der Waals surface area contributed by atoms with Gasteiger partial charge in [-0.15, -0.1) is 0 Å². The highest BCUT2D eigenvalue weighted by molar-refractivity contribution is 6.18. The van der Waals surface area contributed by atoms with Crippen LogP contribution in [-0.2, 0) is 31.9 Å². The Hall–Kier alpha value is -3.08. The van der Waals surface area contributed by atoms with Gasteiger partial charge >= 0.3 is 11.9 Å². The summed E-state index contributed by atoms with van der Waals surface area (Å²) in [4.78, 5) is 26.5. The van der Waals surface area contributed by atoms with Crippen molar-refractivity contribution in [1.82, 2.24) is 0 Å². The fourth-order valence-corrected chi connectivity index (χ4v) is 3.08. The predicted molar refractivity (Wildman–Crippen MR) is 109 cm³/mol. The maximum Gasteiger partial charge on any atom is 0.348 e. The van der Waals surface area contributed by atoms with Crippen molar-refractivity contribution in [3.05, 3.63) is 70.8 Å². The van der Waals surface area contributed by atoms with Gasteiger partial charge in [0.2, 0.25) is 0 Å². The van der Waals surface area contributed by atoms with Crippen LogP contribution in [0.15, 0.2) is 54.1 Å². The topological polar surface area (TPSA) is 55.8 Å². The molecule has 0 unspecified atom stereocenters. The van der Waals surface area contributed by atoms with Gasteiger partial charge in [-0.2, -0.15) is 0 Å². The molecule has 146 valence electrons. The Morgan fingerprint density at radius 3 is 2.11 bits per heavy atom. The third-order valence-electron chi connectivity index (χ3n) is 4.61. The average Bonchev–Trinajstić information content (AvgIpc) is 2.63. The van der Waals surface area contributed by atoms with E-state index in [1.54, 1.807) is 6.08 Å². The Balaban J connectivity index is 1.78. The molecule has 0 aliphatic carbocycles. The van der Waals surface area contributed by atoms with Crippen molar-refractivity contribution in [2.24, 2.45) is 0 Å². The molecule has 0 N–H and O–H groups in total. The first-order valence-electron chi connectivity index (χ1n) is 9.28. The lowest BCUT2D eigenvalue weighted by molar-refractivity contribution is -0.222. The van der Waals surface area contributed by atoms with Crippen LogP contribution in [0.1, 0.15) is 30.5 Å². The number of carbonyl (C=O) groups is 2. The summed E-state index contributed by atoms with van der Waals surface area (Å²) in [6.07, 6.45) is 3.21. The lowest BCUT2D eigenvalue weighted by Gasteiger charge is -2.29. The second kappa shape index (κ2) is 7.89. The highest BCUT2D eigenvalue weighted by Crippen LogP contribution is 2.25. The van der Waals surface area contributed by atoms with Crippen molar-refractivity contribution >= 4 is 23.7 Å². The van der Waals surface area contributed by atoms with Gasteiger partial charge in [-0.3, -0.25) is 0 Å². The quantitative estimate of drug-likeness (QED) is 0.450. The Morgan fingerprint density at radius 2 is 1.50 bits per heavy atom. The van der Waals surface area contributed by atoms with E-state index in [4.69, 9.17) is 9.47 Å². The minimum atomic E-state index is -1.23. The van der Waals surface area contributed by atoms with E-state index in [1.807, 2.05) is 38.4 Å². The molecule has 0 radical (unpaired) electrons. The van der Waals surface area contributed by atoms with Crippen LogP contribution in [0.3, 0.4) is 0 Å². The zero-order valence-electron chi connectivity index (χ0n) is 16.7. The van der Waals surface area contributed by atoms with Crippen LogP contribution in [0.4, 0.5) is 5.69 Å². The van der Waals surface area contributed by atoms with Gasteiger partial charge in [0.25, 0.3) is 5.79 Å². The van der Waals surface area contributed by atoms with Crippen molar-refractivity contribution in [3.8, 4) is 0 Å². The van der Waals surface area contributed by atoms with Crippen molar-refractivity contribution in [3.63, 3.8) is 0 Å². The van der Waals surface area contributed by atoms with Crippen LogP contribution in [0.5, 0.6) is 0 Å². The van der Waals surface area contributed by atoms with Crippen LogP contribution in [-0.4, -0.2) is 31.8 Å². The van der Waals surface area contributed by atoms with Gasteiger partial charge in [0.15, 0.2) is 0 Å². The number of aryl methyl sites for hydroxylation is 2. The summed E-state index contributed by atoms with van der Waals surface area (Å²) in [5, 5.41) is 0. The van der Waals surface area contributed by atoms with Gasteiger partial charge in [-0.05, 0) is 47.7 Å². The Kier molecular flexibility index (Phi) is 5.54. The van der Waals surface area contributed by atoms with Gasteiger partial charge in [0.05, 0.1) is 0 Å². The molecule has 0 spiro atoms. The molecule has 5 nitrogen and oxygen atoms in total. The first-order chi connectivity index (χ1) is 13.2. The number of hydrogen-bond acceptors (Lipinski definition) is 5. The number of carbonyl (C=O) groups excluding carboxylic acids is 2. The van der Waals surface area contributed by atoms with Crippen LogP contribution >= 0.6 is 0 Å². The lowest BCUT2D eigenvalue weighted by Crippen LogP contribution is -2.41. The van der Waals surface area contributed by atoms with Gasteiger partial charge in [0.1, 0.15) is 5.57 Å². The molecule has 2 aromatic carbocycles. The molecule has 3 rings (SSSR count). The van der Waals surface area contributed by atoms with Crippen molar-refractivity contribution in [2.45, 2.75) is 32.5 Å². The van der Waals surface area contributed by atoms with Crippen LogP contribution in [0.2, 0.25) is 0 Å². The Bertz CT molecular complexity index is 888. The van der Waals surface area contributed by atoms with E-state index in [2.05, 4.69) is 29.2 Å². The van der Waals surface area contributed by atoms with E-state index < -0.39 is 17.7 Å². The van der Waals surface area contributed by atoms with Crippen LogP contribution < -0.4 is 4.90 Å². The molecular formula is C23H25NO4. The Labute approximate surface area is 165 Å². The summed E-state index contributed by atoms with van der Waals surface area (Å²) in [7, 11) is 4.03. The molecule has 0 aromatic heterocycles. The summed E-state index contributed by atoms with van der Waals surface area (Å²) >= 11 is 0. The lowest BCUT2D eigenvalue weighted by atomic mass is 9.98. The maximum atomic E-state index is 12.2. The highest BCUT2D eigenvalue weighted by atomic mass is 16.7. The van der Waals surface area contributed by atoms with Gasteiger partial charge in [0, 0.05) is 33.6 Å². The number of benzene rings is 2. The molecular weight excluding hydrogens is 354 g/mol. The molecule has 1 fully saturated rings. The summed E-state index contributed by atoms with van der Waals surface area (Å²) in [5.41, 5.74) is 4.17. The number of cyclic esters (lactones) is 2. The minimum absolute atomic E-state index is 0.0814. The Morgan fingerprint density at radius 1 is 0.893 bits per heavy atom. The molecule has 0 bridgehead atoms. The first kappa shape index (κ1) is 19.7. The first-order valence-corrected chi connectivity index (χ1v) is 9.28. The van der Waals surface area contributed by atoms with Crippen molar-refractivity contribution in [1.29, 1.82) is 0 Å². The van der Waals surface area contributed by atoms with E-state index in [0.717, 1.165) is 29.7 Å². The monoisotopic (exact) mass is 379 g/mol. The van der Waals surface area contributed by atoms with Crippen molar-refractivity contribution < 1.29 is 19.1 Å². The number of hydrogen-bond donors (Lipinski definition) is 0. The third kappa shape index (κ3) is 4.60. The molecule has 0 saturated carbocycles. The molecule has 1 aliphatic rings. The molecule has 1 aliphatic heterocycles.